The molecule has 2 N–H and O–H groups in total. The number of hydrogen-bond donors (Lipinski definition) is 2. The largest absolute Gasteiger partial charge is 0.333 e. The predicted octanol–water partition coefficient (Wildman–Crippen LogP) is 5.11. The molecule has 3 heteroatoms. The molecule has 0 aromatic heterocycles. The third-order valence-electron chi connectivity index (χ3n) is 3.75. The Morgan fingerprint density at radius 3 is 1.48 bits per heavy atom. The van der Waals surface area contributed by atoms with Crippen molar-refractivity contribution < 1.29 is 4.79 Å². The first-order chi connectivity index (χ1) is 9.08. The van der Waals surface area contributed by atoms with E-state index in [1.807, 2.05) is 0 Å². The van der Waals surface area contributed by atoms with Gasteiger partial charge in [-0.15, -0.1) is 0 Å². The standard InChI is InChI=1S/C18H38N2O/c1-11-16(5,6)13-18(9,10)20-14(21)19-17(7,8)12-15(2,3)4/h11-13H2,1-10H3,(H2,19,20,21). The van der Waals surface area contributed by atoms with Crippen LogP contribution in [0.15, 0.2) is 0 Å². The van der Waals surface area contributed by atoms with Crippen molar-refractivity contribution in [1.82, 2.24) is 10.6 Å². The third-order valence-corrected chi connectivity index (χ3v) is 3.75. The summed E-state index contributed by atoms with van der Waals surface area (Å²) in [5.74, 6) is 0. The van der Waals surface area contributed by atoms with Crippen LogP contribution >= 0.6 is 0 Å². The van der Waals surface area contributed by atoms with Crippen LogP contribution in [0.2, 0.25) is 0 Å². The number of urea groups is 1. The minimum atomic E-state index is -0.210. The van der Waals surface area contributed by atoms with E-state index in [0.717, 1.165) is 19.3 Å². The van der Waals surface area contributed by atoms with Crippen LogP contribution in [0, 0.1) is 10.8 Å². The Bertz CT molecular complexity index is 349. The maximum Gasteiger partial charge on any atom is 0.315 e. The molecule has 0 unspecified atom stereocenters. The van der Waals surface area contributed by atoms with Crippen molar-refractivity contribution in [3.8, 4) is 0 Å². The van der Waals surface area contributed by atoms with Gasteiger partial charge in [-0.3, -0.25) is 0 Å². The Hall–Kier alpha value is -0.730. The molecule has 21 heavy (non-hydrogen) atoms. The van der Waals surface area contributed by atoms with Crippen LogP contribution in [0.1, 0.15) is 88.5 Å². The van der Waals surface area contributed by atoms with E-state index in [4.69, 9.17) is 0 Å². The molecule has 126 valence electrons. The summed E-state index contributed by atoms with van der Waals surface area (Å²) in [6.07, 6.45) is 3.01. The summed E-state index contributed by atoms with van der Waals surface area (Å²) in [4.78, 5) is 12.3. The molecule has 0 saturated heterocycles. The molecule has 0 aliphatic heterocycles. The second kappa shape index (κ2) is 6.58. The normalized spacial score (nSPS) is 14.0. The molecule has 0 bridgehead atoms. The average molecular weight is 299 g/mol. The van der Waals surface area contributed by atoms with E-state index in [9.17, 15) is 4.79 Å². The van der Waals surface area contributed by atoms with Crippen LogP contribution < -0.4 is 10.6 Å². The first kappa shape index (κ1) is 20.3. The van der Waals surface area contributed by atoms with Crippen LogP contribution in [-0.2, 0) is 0 Å². The molecule has 3 nitrogen and oxygen atoms in total. The maximum absolute atomic E-state index is 12.3. The van der Waals surface area contributed by atoms with Gasteiger partial charge in [0.25, 0.3) is 0 Å². The average Bonchev–Trinajstić information content (AvgIpc) is 2.08. The highest BCUT2D eigenvalue weighted by atomic mass is 16.2. The molecule has 0 spiro atoms. The van der Waals surface area contributed by atoms with E-state index in [2.05, 4.69) is 79.9 Å². The van der Waals surface area contributed by atoms with E-state index in [0.29, 0.717) is 0 Å². The van der Waals surface area contributed by atoms with Gasteiger partial charge in [0, 0.05) is 11.1 Å². The highest BCUT2D eigenvalue weighted by Crippen LogP contribution is 2.31. The summed E-state index contributed by atoms with van der Waals surface area (Å²) in [7, 11) is 0. The molecule has 0 rings (SSSR count). The Morgan fingerprint density at radius 1 is 0.762 bits per heavy atom. The smallest absolute Gasteiger partial charge is 0.315 e. The molecule has 0 radical (unpaired) electrons. The number of hydrogen-bond acceptors (Lipinski definition) is 1. The molecule has 2 amide bonds. The number of amides is 2. The fourth-order valence-electron chi connectivity index (χ4n) is 3.38. The van der Waals surface area contributed by atoms with Crippen molar-refractivity contribution in [2.24, 2.45) is 10.8 Å². The van der Waals surface area contributed by atoms with Crippen molar-refractivity contribution in [3.05, 3.63) is 0 Å². The molecule has 0 fully saturated rings. The van der Waals surface area contributed by atoms with Crippen molar-refractivity contribution in [2.45, 2.75) is 99.6 Å². The van der Waals surface area contributed by atoms with Crippen molar-refractivity contribution >= 4 is 6.03 Å². The summed E-state index contributed by atoms with van der Waals surface area (Å²) >= 11 is 0. The monoisotopic (exact) mass is 298 g/mol. The molecule has 0 aliphatic rings. The predicted molar refractivity (Wildman–Crippen MR) is 92.6 cm³/mol. The van der Waals surface area contributed by atoms with E-state index in [-0.39, 0.29) is 27.9 Å². The molecular weight excluding hydrogens is 260 g/mol. The third kappa shape index (κ3) is 9.76. The first-order valence-corrected chi connectivity index (χ1v) is 8.18. The van der Waals surface area contributed by atoms with Crippen LogP contribution in [0.3, 0.4) is 0 Å². The Kier molecular flexibility index (Phi) is 6.35. The fraction of sp³-hybridized carbons (Fsp3) is 0.944. The van der Waals surface area contributed by atoms with Gasteiger partial charge in [-0.1, -0.05) is 48.0 Å². The summed E-state index contributed by atoms with van der Waals surface area (Å²) < 4.78 is 0. The van der Waals surface area contributed by atoms with E-state index in [1.165, 1.54) is 0 Å². The number of carbonyl (C=O) groups excluding carboxylic acids is 1. The van der Waals surface area contributed by atoms with Gasteiger partial charge in [0.15, 0.2) is 0 Å². The fourth-order valence-corrected chi connectivity index (χ4v) is 3.38. The van der Waals surface area contributed by atoms with Gasteiger partial charge < -0.3 is 10.6 Å². The van der Waals surface area contributed by atoms with Gasteiger partial charge in [-0.25, -0.2) is 4.79 Å². The Morgan fingerprint density at radius 2 is 1.14 bits per heavy atom. The summed E-state index contributed by atoms with van der Waals surface area (Å²) in [6.45, 7) is 21.6. The first-order valence-electron chi connectivity index (χ1n) is 8.18. The number of carbonyl (C=O) groups is 1. The summed E-state index contributed by atoms with van der Waals surface area (Å²) in [5, 5.41) is 6.26. The highest BCUT2D eigenvalue weighted by molar-refractivity contribution is 5.75. The zero-order chi connectivity index (χ0) is 17.1. The van der Waals surface area contributed by atoms with Gasteiger partial charge in [0.2, 0.25) is 0 Å². The van der Waals surface area contributed by atoms with E-state index >= 15 is 0 Å². The highest BCUT2D eigenvalue weighted by Gasteiger charge is 2.31. The van der Waals surface area contributed by atoms with Crippen LogP contribution in [0.5, 0.6) is 0 Å². The second-order valence-corrected chi connectivity index (χ2v) is 9.78. The molecular formula is C18H38N2O. The van der Waals surface area contributed by atoms with Gasteiger partial charge in [-0.05, 0) is 51.4 Å². The quantitative estimate of drug-likeness (QED) is 0.703. The molecule has 0 atom stereocenters. The molecule has 0 aliphatic carbocycles. The van der Waals surface area contributed by atoms with Crippen molar-refractivity contribution in [3.63, 3.8) is 0 Å². The number of rotatable bonds is 6. The lowest BCUT2D eigenvalue weighted by molar-refractivity contribution is 0.184. The van der Waals surface area contributed by atoms with Gasteiger partial charge in [0.05, 0.1) is 0 Å². The van der Waals surface area contributed by atoms with Gasteiger partial charge in [0.1, 0.15) is 0 Å². The molecule has 0 saturated carbocycles. The van der Waals surface area contributed by atoms with Crippen LogP contribution in [0.25, 0.3) is 0 Å². The molecule has 0 aromatic carbocycles. The lowest BCUT2D eigenvalue weighted by Gasteiger charge is -2.37. The minimum absolute atomic E-state index is 0.0684. The van der Waals surface area contributed by atoms with E-state index < -0.39 is 0 Å². The Labute approximate surface area is 132 Å². The topological polar surface area (TPSA) is 41.1 Å². The lowest BCUT2D eigenvalue weighted by Crippen LogP contribution is -2.55. The van der Waals surface area contributed by atoms with Crippen LogP contribution in [-0.4, -0.2) is 17.1 Å². The minimum Gasteiger partial charge on any atom is -0.333 e. The van der Waals surface area contributed by atoms with Gasteiger partial charge >= 0.3 is 6.03 Å². The molecule has 0 heterocycles. The summed E-state index contributed by atoms with van der Waals surface area (Å²) in [6, 6.07) is -0.0684. The van der Waals surface area contributed by atoms with Gasteiger partial charge in [-0.2, -0.15) is 0 Å². The van der Waals surface area contributed by atoms with Crippen molar-refractivity contribution in [2.75, 3.05) is 0 Å². The van der Waals surface area contributed by atoms with Crippen molar-refractivity contribution in [1.29, 1.82) is 0 Å². The zero-order valence-electron chi connectivity index (χ0n) is 16.0. The Balaban J connectivity index is 4.62. The molecule has 0 aromatic rings. The summed E-state index contributed by atoms with van der Waals surface area (Å²) in [5.41, 5.74) is 0.00823. The number of nitrogens with one attached hydrogen (secondary N) is 2. The lowest BCUT2D eigenvalue weighted by atomic mass is 9.78. The SMILES string of the molecule is CCC(C)(C)CC(C)(C)NC(=O)NC(C)(C)CC(C)(C)C. The second-order valence-electron chi connectivity index (χ2n) is 9.78. The maximum atomic E-state index is 12.3. The van der Waals surface area contributed by atoms with Crippen LogP contribution in [0.4, 0.5) is 4.79 Å². The zero-order valence-corrected chi connectivity index (χ0v) is 16.0. The van der Waals surface area contributed by atoms with E-state index in [1.54, 1.807) is 0 Å².